The summed E-state index contributed by atoms with van der Waals surface area (Å²) in [6.45, 7) is 2.92. The monoisotopic (exact) mass is 493 g/mol. The number of nitrogens with zero attached hydrogens (tertiary/aromatic N) is 3. The van der Waals surface area contributed by atoms with E-state index in [4.69, 9.17) is 10.1 Å². The highest BCUT2D eigenvalue weighted by molar-refractivity contribution is 5.98. The Bertz CT molecular complexity index is 1040. The molecule has 2 heterocycles. The fraction of sp³-hybridized carbons (Fsp3) is 0.571. The molecule has 0 aromatic carbocycles. The molecule has 8 nitrogen and oxygen atoms in total. The van der Waals surface area contributed by atoms with E-state index in [-0.39, 0.29) is 24.5 Å². The Balaban J connectivity index is 1.28. The predicted octanol–water partition coefficient (Wildman–Crippen LogP) is 3.03. The van der Waals surface area contributed by atoms with Crippen molar-refractivity contribution in [1.29, 1.82) is 0 Å². The Morgan fingerprint density at radius 3 is 2.92 bits per heavy atom. The molecule has 36 heavy (non-hydrogen) atoms. The van der Waals surface area contributed by atoms with Crippen molar-refractivity contribution < 1.29 is 14.7 Å². The van der Waals surface area contributed by atoms with Gasteiger partial charge in [-0.15, -0.1) is 0 Å². The van der Waals surface area contributed by atoms with Crippen LogP contribution in [0.4, 0.5) is 0 Å². The Morgan fingerprint density at radius 1 is 1.31 bits per heavy atom. The van der Waals surface area contributed by atoms with Gasteiger partial charge in [-0.25, -0.2) is 0 Å². The molecule has 0 spiro atoms. The molecule has 4 rings (SSSR count). The summed E-state index contributed by atoms with van der Waals surface area (Å²) in [4.78, 5) is 36.4. The highest BCUT2D eigenvalue weighted by Crippen LogP contribution is 2.36. The smallest absolute Gasteiger partial charge is 0.252 e. The molecule has 0 bridgehead atoms. The summed E-state index contributed by atoms with van der Waals surface area (Å²) >= 11 is 0. The zero-order valence-corrected chi connectivity index (χ0v) is 21.5. The van der Waals surface area contributed by atoms with E-state index in [0.717, 1.165) is 55.8 Å². The van der Waals surface area contributed by atoms with Gasteiger partial charge >= 0.3 is 0 Å². The Hall–Kier alpha value is -3.00. The summed E-state index contributed by atoms with van der Waals surface area (Å²) in [5, 5.41) is 15.5. The first kappa shape index (κ1) is 26.1. The van der Waals surface area contributed by atoms with Crippen LogP contribution in [0.15, 0.2) is 56.8 Å². The number of amidine groups is 1. The second-order valence-electron chi connectivity index (χ2n) is 10.0. The minimum absolute atomic E-state index is 0.00286. The van der Waals surface area contributed by atoms with Crippen LogP contribution in [0.3, 0.4) is 0 Å². The maximum atomic E-state index is 12.8. The summed E-state index contributed by atoms with van der Waals surface area (Å²) in [7, 11) is 1.90. The average Bonchev–Trinajstić information content (AvgIpc) is 2.91. The lowest BCUT2D eigenvalue weighted by Crippen LogP contribution is -2.35. The first-order valence-electron chi connectivity index (χ1n) is 13.3. The third-order valence-corrected chi connectivity index (χ3v) is 7.63. The number of aliphatic hydroxyl groups is 1. The van der Waals surface area contributed by atoms with Gasteiger partial charge in [0, 0.05) is 43.4 Å². The second kappa shape index (κ2) is 12.3. The molecule has 0 fully saturated rings. The zero-order chi connectivity index (χ0) is 25.5. The number of carbonyl (C=O) groups excluding carboxylic acids is 2. The fourth-order valence-corrected chi connectivity index (χ4v) is 5.52. The normalized spacial score (nSPS) is 25.3. The van der Waals surface area contributed by atoms with Gasteiger partial charge in [0.2, 0.25) is 0 Å². The highest BCUT2D eigenvalue weighted by Gasteiger charge is 2.32. The van der Waals surface area contributed by atoms with Crippen LogP contribution >= 0.6 is 0 Å². The minimum Gasteiger partial charge on any atom is -0.395 e. The number of dihydropyridines is 1. The molecule has 0 saturated carbocycles. The molecule has 0 saturated heterocycles. The van der Waals surface area contributed by atoms with Crippen LogP contribution in [0, 0.1) is 11.8 Å². The number of carbonyl (C=O) groups is 2. The van der Waals surface area contributed by atoms with Gasteiger partial charge in [0.25, 0.3) is 5.91 Å². The van der Waals surface area contributed by atoms with Crippen LogP contribution in [-0.4, -0.2) is 66.7 Å². The molecule has 2 aliphatic heterocycles. The first-order chi connectivity index (χ1) is 17.5. The topological polar surface area (TPSA) is 106 Å². The van der Waals surface area contributed by atoms with Crippen molar-refractivity contribution in [1.82, 2.24) is 15.5 Å². The number of hydrogen-bond donors (Lipinski definition) is 3. The van der Waals surface area contributed by atoms with E-state index in [1.165, 1.54) is 5.57 Å². The van der Waals surface area contributed by atoms with Crippen molar-refractivity contribution in [3.63, 3.8) is 0 Å². The van der Waals surface area contributed by atoms with Gasteiger partial charge in [0.15, 0.2) is 0 Å². The number of hydrogen-bond acceptors (Lipinski definition) is 7. The van der Waals surface area contributed by atoms with Crippen molar-refractivity contribution in [3.05, 3.63) is 46.8 Å². The number of nitrogens with one attached hydrogen (secondary N) is 2. The molecule has 0 aromatic rings. The van der Waals surface area contributed by atoms with Crippen LogP contribution in [0.2, 0.25) is 0 Å². The number of aliphatic imine (C=N–C) groups is 2. The third kappa shape index (κ3) is 6.22. The van der Waals surface area contributed by atoms with Crippen molar-refractivity contribution in [3.8, 4) is 0 Å². The van der Waals surface area contributed by atoms with Gasteiger partial charge in [0.1, 0.15) is 11.6 Å². The Labute approximate surface area is 214 Å². The second-order valence-corrected chi connectivity index (χ2v) is 10.0. The number of amides is 1. The minimum atomic E-state index is -0.0884. The van der Waals surface area contributed by atoms with Crippen molar-refractivity contribution >= 4 is 23.9 Å². The van der Waals surface area contributed by atoms with Gasteiger partial charge in [-0.3, -0.25) is 19.6 Å². The van der Waals surface area contributed by atoms with Crippen molar-refractivity contribution in [2.75, 3.05) is 26.7 Å². The van der Waals surface area contributed by atoms with Gasteiger partial charge in [0.05, 0.1) is 31.4 Å². The molecule has 0 aromatic heterocycles. The molecule has 8 heteroatoms. The maximum Gasteiger partial charge on any atom is 0.252 e. The molecule has 1 amide bonds. The number of ketones is 1. The van der Waals surface area contributed by atoms with E-state index in [1.807, 2.05) is 37.1 Å². The molecule has 3 unspecified atom stereocenters. The van der Waals surface area contributed by atoms with E-state index < -0.39 is 0 Å². The Kier molecular flexibility index (Phi) is 8.91. The summed E-state index contributed by atoms with van der Waals surface area (Å²) in [5.41, 5.74) is 4.03. The molecular formula is C28H39N5O3. The van der Waals surface area contributed by atoms with Gasteiger partial charge in [-0.2, -0.15) is 0 Å². The summed E-state index contributed by atoms with van der Waals surface area (Å²) < 4.78 is 0. The lowest BCUT2D eigenvalue weighted by Gasteiger charge is -2.33. The van der Waals surface area contributed by atoms with Crippen molar-refractivity contribution in [2.24, 2.45) is 21.8 Å². The summed E-state index contributed by atoms with van der Waals surface area (Å²) in [6, 6.07) is 0.134. The predicted molar refractivity (Wildman–Crippen MR) is 143 cm³/mol. The molecule has 194 valence electrons. The molecular weight excluding hydrogens is 454 g/mol. The largest absolute Gasteiger partial charge is 0.395 e. The highest BCUT2D eigenvalue weighted by atomic mass is 16.3. The standard InChI is InChI=1S/C28H39N5O3/c1-3-25(35)23-9-5-8-22-24(30-18-31-27(22)23)12-10-19-6-4-7-21(16-19)32-28(36)20-11-13-26(29-17-20)33(2)14-15-34/h4,6-7,11,18-19,23-24,34H,3,5,8-10,12-17H2,1-2H3,(H,30,31)(H,32,36). The average molecular weight is 494 g/mol. The van der Waals surface area contributed by atoms with E-state index in [1.54, 1.807) is 6.34 Å². The van der Waals surface area contributed by atoms with Crippen LogP contribution in [0.5, 0.6) is 0 Å². The van der Waals surface area contributed by atoms with Crippen LogP contribution < -0.4 is 10.6 Å². The van der Waals surface area contributed by atoms with Gasteiger partial charge in [-0.1, -0.05) is 25.2 Å². The zero-order valence-electron chi connectivity index (χ0n) is 21.5. The summed E-state index contributed by atoms with van der Waals surface area (Å²) in [5.74, 6) is 1.46. The third-order valence-electron chi connectivity index (χ3n) is 7.63. The molecule has 4 aliphatic rings. The van der Waals surface area contributed by atoms with Crippen LogP contribution in [0.1, 0.15) is 58.3 Å². The maximum absolute atomic E-state index is 12.8. The Morgan fingerprint density at radius 2 is 2.17 bits per heavy atom. The molecule has 2 aliphatic carbocycles. The molecule has 3 N–H and O–H groups in total. The van der Waals surface area contributed by atoms with Gasteiger partial charge in [-0.05, 0) is 56.1 Å². The van der Waals surface area contributed by atoms with Gasteiger partial charge < -0.3 is 20.6 Å². The number of Topliss-reactive ketones (excluding diaryl/α,β-unsaturated/α-hetero) is 1. The SMILES string of the molecule is CCC(=O)C1CCCC2=C1NC=NC2CCC1C=CC=C(NC(=O)C2=CCC(N(C)CCO)=NC2)C1. The molecule has 0 radical (unpaired) electrons. The van der Waals surface area contributed by atoms with Crippen LogP contribution in [0.25, 0.3) is 0 Å². The van der Waals surface area contributed by atoms with Crippen molar-refractivity contribution in [2.45, 2.75) is 64.3 Å². The van der Waals surface area contributed by atoms with E-state index in [0.29, 0.717) is 43.2 Å². The lowest BCUT2D eigenvalue weighted by molar-refractivity contribution is -0.122. The van der Waals surface area contributed by atoms with E-state index >= 15 is 0 Å². The summed E-state index contributed by atoms with van der Waals surface area (Å²) in [6.07, 6.45) is 16.8. The first-order valence-corrected chi connectivity index (χ1v) is 13.3. The molecule has 3 atom stereocenters. The van der Waals surface area contributed by atoms with E-state index in [2.05, 4.69) is 21.7 Å². The fourth-order valence-electron chi connectivity index (χ4n) is 5.52. The lowest BCUT2D eigenvalue weighted by atomic mass is 9.79. The number of aliphatic hydroxyl groups excluding tert-OH is 1. The quantitative estimate of drug-likeness (QED) is 0.458. The number of likely N-dealkylation sites (N-methyl/N-ethyl adjacent to an activating group) is 1. The van der Waals surface area contributed by atoms with Crippen LogP contribution in [-0.2, 0) is 9.59 Å². The van der Waals surface area contributed by atoms with E-state index in [9.17, 15) is 9.59 Å². The number of rotatable bonds is 9. The number of allylic oxidation sites excluding steroid dienone is 5.